The first kappa shape index (κ1) is 14.7. The van der Waals surface area contributed by atoms with Crippen molar-refractivity contribution in [2.45, 2.75) is 38.8 Å². The van der Waals surface area contributed by atoms with Gasteiger partial charge in [-0.2, -0.15) is 0 Å². The van der Waals surface area contributed by atoms with E-state index in [1.807, 2.05) is 13.8 Å². The molecule has 0 saturated heterocycles. The van der Waals surface area contributed by atoms with E-state index in [4.69, 9.17) is 22.4 Å². The highest BCUT2D eigenvalue weighted by molar-refractivity contribution is 6.25. The monoisotopic (exact) mass is 213 g/mol. The summed E-state index contributed by atoms with van der Waals surface area (Å²) in [5.74, 6) is 0. The Balaban J connectivity index is 0. The molecule has 0 bridgehead atoms. The van der Waals surface area contributed by atoms with E-state index in [1.54, 1.807) is 6.92 Å². The third-order valence-electron chi connectivity index (χ3n) is 1.47. The lowest BCUT2D eigenvalue weighted by molar-refractivity contribution is 0.191. The minimum absolute atomic E-state index is 0. The van der Waals surface area contributed by atoms with E-state index in [0.29, 0.717) is 6.42 Å². The average molecular weight is 214 g/mol. The third kappa shape index (κ3) is 5.84. The van der Waals surface area contributed by atoms with E-state index in [-0.39, 0.29) is 18.5 Å². The zero-order valence-corrected chi connectivity index (χ0v) is 9.25. The Morgan fingerprint density at radius 3 is 2.17 bits per heavy atom. The van der Waals surface area contributed by atoms with Crippen molar-refractivity contribution in [3.8, 4) is 0 Å². The highest BCUT2D eigenvalue weighted by Gasteiger charge is 2.18. The summed E-state index contributed by atoms with van der Waals surface area (Å²) in [4.78, 5) is 0. The number of halogens is 2. The first-order valence-electron chi connectivity index (χ1n) is 3.64. The van der Waals surface area contributed by atoms with Gasteiger partial charge in [-0.05, 0) is 32.8 Å². The predicted octanol–water partition coefficient (Wildman–Crippen LogP) is 2.04. The van der Waals surface area contributed by atoms with Gasteiger partial charge >= 0.3 is 0 Å². The van der Waals surface area contributed by atoms with E-state index in [2.05, 4.69) is 0 Å². The molecule has 2 nitrogen and oxygen atoms in total. The van der Waals surface area contributed by atoms with Crippen LogP contribution in [0, 0.1) is 0 Å². The van der Waals surface area contributed by atoms with Gasteiger partial charge in [0.1, 0.15) is 0 Å². The second-order valence-electron chi connectivity index (χ2n) is 3.41. The van der Waals surface area contributed by atoms with Gasteiger partial charge in [0, 0.05) is 11.1 Å². The number of nitrogens with two attached hydrogens (primary N) is 1. The molecule has 0 aromatic heterocycles. The molecule has 0 saturated carbocycles. The normalized spacial score (nSPS) is 15.3. The maximum absolute atomic E-state index is 9.06. The van der Waals surface area contributed by atoms with Gasteiger partial charge in [-0.25, -0.2) is 0 Å². The highest BCUT2D eigenvalue weighted by atomic mass is 35.5. The summed E-state index contributed by atoms with van der Waals surface area (Å²) in [6, 6.07) is 0. The van der Waals surface area contributed by atoms with Crippen LogP contribution in [-0.2, 0) is 0 Å². The molecule has 0 aromatic rings. The molecule has 0 aliphatic rings. The molecule has 0 rings (SSSR count). The standard InChI is InChI=1S/C8H16ClNO.ClH/c1-6(11)4-7(5-9)8(2,3)10;/h5-6,11H,4,10H2,1-3H3;1H. The minimum Gasteiger partial charge on any atom is -0.393 e. The zero-order chi connectivity index (χ0) is 9.07. The van der Waals surface area contributed by atoms with Crippen LogP contribution in [0.5, 0.6) is 0 Å². The van der Waals surface area contributed by atoms with Crippen LogP contribution in [0.4, 0.5) is 0 Å². The molecular formula is C8H17Cl2NO. The van der Waals surface area contributed by atoms with Gasteiger partial charge in [0.25, 0.3) is 0 Å². The zero-order valence-electron chi connectivity index (χ0n) is 7.67. The fourth-order valence-corrected chi connectivity index (χ4v) is 1.14. The van der Waals surface area contributed by atoms with Crippen LogP contribution in [0.25, 0.3) is 0 Å². The Bertz CT molecular complexity index is 150. The molecule has 12 heavy (non-hydrogen) atoms. The van der Waals surface area contributed by atoms with Gasteiger partial charge in [-0.3, -0.25) is 0 Å². The predicted molar refractivity (Wildman–Crippen MR) is 55.7 cm³/mol. The lowest BCUT2D eigenvalue weighted by atomic mass is 9.92. The van der Waals surface area contributed by atoms with Crippen molar-refractivity contribution in [3.63, 3.8) is 0 Å². The molecule has 0 amide bonds. The third-order valence-corrected chi connectivity index (χ3v) is 1.74. The Labute approximate surface area is 85.2 Å². The first-order valence-corrected chi connectivity index (χ1v) is 4.08. The lowest BCUT2D eigenvalue weighted by Gasteiger charge is -2.23. The number of hydrogen-bond acceptors (Lipinski definition) is 2. The van der Waals surface area contributed by atoms with Crippen molar-refractivity contribution in [2.24, 2.45) is 5.73 Å². The van der Waals surface area contributed by atoms with Gasteiger partial charge < -0.3 is 10.8 Å². The molecule has 0 heterocycles. The van der Waals surface area contributed by atoms with Crippen molar-refractivity contribution in [3.05, 3.63) is 11.1 Å². The van der Waals surface area contributed by atoms with E-state index in [1.165, 1.54) is 5.54 Å². The van der Waals surface area contributed by atoms with Crippen molar-refractivity contribution in [2.75, 3.05) is 0 Å². The van der Waals surface area contributed by atoms with Crippen LogP contribution in [0.2, 0.25) is 0 Å². The molecule has 0 aliphatic heterocycles. The summed E-state index contributed by atoms with van der Waals surface area (Å²) in [5, 5.41) is 9.06. The molecular weight excluding hydrogens is 197 g/mol. The van der Waals surface area contributed by atoms with Gasteiger partial charge in [0.15, 0.2) is 0 Å². The summed E-state index contributed by atoms with van der Waals surface area (Å²) < 4.78 is 0. The smallest absolute Gasteiger partial charge is 0.0550 e. The Hall–Kier alpha value is 0.240. The fraction of sp³-hybridized carbons (Fsp3) is 0.750. The van der Waals surface area contributed by atoms with Crippen LogP contribution in [-0.4, -0.2) is 16.7 Å². The maximum Gasteiger partial charge on any atom is 0.0550 e. The second kappa shape index (κ2) is 5.81. The molecule has 1 unspecified atom stereocenters. The minimum atomic E-state index is -0.432. The van der Waals surface area contributed by atoms with Crippen molar-refractivity contribution < 1.29 is 5.11 Å². The average Bonchev–Trinajstić information content (AvgIpc) is 1.79. The number of aliphatic hydroxyl groups is 1. The molecule has 0 aliphatic carbocycles. The first-order chi connectivity index (χ1) is 4.88. The SMILES string of the molecule is CC(O)CC(=CCl)C(C)(C)N.Cl. The summed E-state index contributed by atoms with van der Waals surface area (Å²) >= 11 is 5.54. The Morgan fingerprint density at radius 2 is 2.08 bits per heavy atom. The largest absolute Gasteiger partial charge is 0.393 e. The van der Waals surface area contributed by atoms with Crippen LogP contribution in [0.3, 0.4) is 0 Å². The maximum atomic E-state index is 9.06. The summed E-state index contributed by atoms with van der Waals surface area (Å²) in [5.41, 5.74) is 7.66. The van der Waals surface area contributed by atoms with Gasteiger partial charge in [-0.1, -0.05) is 11.6 Å². The lowest BCUT2D eigenvalue weighted by Crippen LogP contribution is -2.35. The van der Waals surface area contributed by atoms with Crippen LogP contribution in [0.1, 0.15) is 27.2 Å². The number of aliphatic hydroxyl groups excluding tert-OH is 1. The van der Waals surface area contributed by atoms with Crippen LogP contribution < -0.4 is 5.73 Å². The van der Waals surface area contributed by atoms with E-state index < -0.39 is 5.54 Å². The quantitative estimate of drug-likeness (QED) is 0.755. The molecule has 3 N–H and O–H groups in total. The molecule has 0 spiro atoms. The summed E-state index contributed by atoms with van der Waals surface area (Å²) in [6.07, 6.45) is 0.148. The number of rotatable bonds is 3. The molecule has 0 radical (unpaired) electrons. The summed E-state index contributed by atoms with van der Waals surface area (Å²) in [6.45, 7) is 5.44. The van der Waals surface area contributed by atoms with Crippen molar-refractivity contribution >= 4 is 24.0 Å². The molecule has 1 atom stereocenters. The fourth-order valence-electron chi connectivity index (χ4n) is 0.766. The van der Waals surface area contributed by atoms with Crippen molar-refractivity contribution in [1.82, 2.24) is 0 Å². The molecule has 0 fully saturated rings. The van der Waals surface area contributed by atoms with E-state index in [0.717, 1.165) is 5.57 Å². The Morgan fingerprint density at radius 1 is 1.67 bits per heavy atom. The Kier molecular flexibility index (Phi) is 7.14. The molecule has 0 aromatic carbocycles. The number of hydrogen-bond donors (Lipinski definition) is 2. The van der Waals surface area contributed by atoms with Gasteiger partial charge in [-0.15, -0.1) is 12.4 Å². The van der Waals surface area contributed by atoms with Crippen LogP contribution in [0.15, 0.2) is 11.1 Å². The highest BCUT2D eigenvalue weighted by Crippen LogP contribution is 2.18. The summed E-state index contributed by atoms with van der Waals surface area (Å²) in [7, 11) is 0. The van der Waals surface area contributed by atoms with Gasteiger partial charge in [0.05, 0.1) is 6.10 Å². The molecule has 74 valence electrons. The molecule has 4 heteroatoms. The van der Waals surface area contributed by atoms with E-state index in [9.17, 15) is 0 Å². The second-order valence-corrected chi connectivity index (χ2v) is 3.63. The van der Waals surface area contributed by atoms with Crippen LogP contribution >= 0.6 is 24.0 Å². The van der Waals surface area contributed by atoms with Crippen molar-refractivity contribution in [1.29, 1.82) is 0 Å². The van der Waals surface area contributed by atoms with Gasteiger partial charge in [0.2, 0.25) is 0 Å². The van der Waals surface area contributed by atoms with E-state index >= 15 is 0 Å². The topological polar surface area (TPSA) is 46.2 Å².